The highest BCUT2D eigenvalue weighted by molar-refractivity contribution is 5.74. The molecule has 2 amide bonds. The number of nitrogens with zero attached hydrogens (tertiary/aromatic N) is 1. The molecule has 5 nitrogen and oxygen atoms in total. The highest BCUT2D eigenvalue weighted by Crippen LogP contribution is 2.19. The van der Waals surface area contributed by atoms with Crippen LogP contribution in [0.1, 0.15) is 18.4 Å². The summed E-state index contributed by atoms with van der Waals surface area (Å²) in [6, 6.07) is 13.9. The average molecular weight is 372 g/mol. The number of nitrogens with one attached hydrogen (secondary N) is 1. The van der Waals surface area contributed by atoms with E-state index in [0.717, 1.165) is 30.6 Å². The zero-order valence-corrected chi connectivity index (χ0v) is 15.5. The Morgan fingerprint density at radius 2 is 1.70 bits per heavy atom. The van der Waals surface area contributed by atoms with Gasteiger partial charge >= 0.3 is 6.03 Å². The van der Waals surface area contributed by atoms with E-state index in [0.29, 0.717) is 25.4 Å². The topological polar surface area (TPSA) is 50.8 Å². The number of amides is 2. The number of halogens is 1. The Kier molecular flexibility index (Phi) is 6.52. The van der Waals surface area contributed by atoms with Crippen LogP contribution in [0, 0.1) is 5.82 Å². The van der Waals surface area contributed by atoms with Crippen molar-refractivity contribution in [1.29, 1.82) is 0 Å². The SMILES string of the molecule is COc1ccc(CCNC(=O)N2CCC(Oc3ccc(F)cc3)CC2)cc1. The lowest BCUT2D eigenvalue weighted by Crippen LogP contribution is -2.46. The Morgan fingerprint density at radius 1 is 1.07 bits per heavy atom. The van der Waals surface area contributed by atoms with E-state index >= 15 is 0 Å². The number of piperidine rings is 1. The minimum Gasteiger partial charge on any atom is -0.497 e. The second-order valence-electron chi connectivity index (χ2n) is 6.59. The lowest BCUT2D eigenvalue weighted by Gasteiger charge is -2.32. The van der Waals surface area contributed by atoms with Gasteiger partial charge in [0.1, 0.15) is 23.4 Å². The standard InChI is InChI=1S/C21H25FN2O3/c1-26-18-6-2-16(3-7-18)10-13-23-21(25)24-14-11-20(12-15-24)27-19-8-4-17(22)5-9-19/h2-9,20H,10-15H2,1H3,(H,23,25). The highest BCUT2D eigenvalue weighted by atomic mass is 19.1. The Balaban J connectivity index is 1.37. The molecule has 3 rings (SSSR count). The molecule has 6 heteroatoms. The fourth-order valence-corrected chi connectivity index (χ4v) is 3.10. The molecule has 27 heavy (non-hydrogen) atoms. The van der Waals surface area contributed by atoms with Crippen LogP contribution in [0.4, 0.5) is 9.18 Å². The molecule has 2 aromatic carbocycles. The first kappa shape index (κ1) is 19.0. The predicted octanol–water partition coefficient (Wildman–Crippen LogP) is 3.63. The number of methoxy groups -OCH3 is 1. The Hall–Kier alpha value is -2.76. The fraction of sp³-hybridized carbons (Fsp3) is 0.381. The third kappa shape index (κ3) is 5.61. The molecule has 0 bridgehead atoms. The molecule has 0 spiro atoms. The normalized spacial score (nSPS) is 14.7. The molecule has 0 radical (unpaired) electrons. The second-order valence-corrected chi connectivity index (χ2v) is 6.59. The van der Waals surface area contributed by atoms with Crippen molar-refractivity contribution in [1.82, 2.24) is 10.2 Å². The molecule has 1 aliphatic heterocycles. The fourth-order valence-electron chi connectivity index (χ4n) is 3.10. The van der Waals surface area contributed by atoms with Crippen molar-refractivity contribution < 1.29 is 18.7 Å². The number of urea groups is 1. The summed E-state index contributed by atoms with van der Waals surface area (Å²) in [5.74, 6) is 1.22. The largest absolute Gasteiger partial charge is 0.497 e. The van der Waals surface area contributed by atoms with Crippen molar-refractivity contribution in [3.8, 4) is 11.5 Å². The average Bonchev–Trinajstić information content (AvgIpc) is 2.71. The van der Waals surface area contributed by atoms with Gasteiger partial charge < -0.3 is 19.7 Å². The maximum Gasteiger partial charge on any atom is 0.317 e. The van der Waals surface area contributed by atoms with Gasteiger partial charge in [0.05, 0.1) is 7.11 Å². The van der Waals surface area contributed by atoms with Crippen LogP contribution in [0.15, 0.2) is 48.5 Å². The number of likely N-dealkylation sites (tertiary alicyclic amines) is 1. The predicted molar refractivity (Wildman–Crippen MR) is 102 cm³/mol. The molecule has 1 aliphatic rings. The summed E-state index contributed by atoms with van der Waals surface area (Å²) >= 11 is 0. The van der Waals surface area contributed by atoms with Gasteiger partial charge in [-0.1, -0.05) is 12.1 Å². The molecule has 1 heterocycles. The maximum atomic E-state index is 12.9. The van der Waals surface area contributed by atoms with Gasteiger partial charge in [0, 0.05) is 32.5 Å². The molecular formula is C21H25FN2O3. The van der Waals surface area contributed by atoms with Crippen molar-refractivity contribution in [3.63, 3.8) is 0 Å². The quantitative estimate of drug-likeness (QED) is 0.842. The van der Waals surface area contributed by atoms with E-state index in [1.165, 1.54) is 12.1 Å². The monoisotopic (exact) mass is 372 g/mol. The lowest BCUT2D eigenvalue weighted by atomic mass is 10.1. The smallest absolute Gasteiger partial charge is 0.317 e. The molecule has 144 valence electrons. The number of carbonyl (C=O) groups excluding carboxylic acids is 1. The van der Waals surface area contributed by atoms with Crippen LogP contribution >= 0.6 is 0 Å². The number of hydrogen-bond acceptors (Lipinski definition) is 3. The van der Waals surface area contributed by atoms with Crippen LogP contribution in [0.5, 0.6) is 11.5 Å². The molecule has 0 aliphatic carbocycles. The third-order valence-electron chi connectivity index (χ3n) is 4.69. The molecule has 2 aromatic rings. The first-order valence-corrected chi connectivity index (χ1v) is 9.22. The van der Waals surface area contributed by atoms with E-state index in [-0.39, 0.29) is 18.0 Å². The number of hydrogen-bond donors (Lipinski definition) is 1. The number of rotatable bonds is 6. The summed E-state index contributed by atoms with van der Waals surface area (Å²) < 4.78 is 23.9. The van der Waals surface area contributed by atoms with Crippen molar-refractivity contribution in [2.24, 2.45) is 0 Å². The van der Waals surface area contributed by atoms with E-state index < -0.39 is 0 Å². The van der Waals surface area contributed by atoms with Gasteiger partial charge in [0.25, 0.3) is 0 Å². The molecule has 1 fully saturated rings. The van der Waals surface area contributed by atoms with E-state index in [4.69, 9.17) is 9.47 Å². The summed E-state index contributed by atoms with van der Waals surface area (Å²) in [5, 5.41) is 2.97. The van der Waals surface area contributed by atoms with Gasteiger partial charge in [-0.2, -0.15) is 0 Å². The van der Waals surface area contributed by atoms with E-state index in [2.05, 4.69) is 5.32 Å². The van der Waals surface area contributed by atoms with Crippen LogP contribution < -0.4 is 14.8 Å². The Bertz CT molecular complexity index is 726. The molecule has 0 atom stereocenters. The summed E-state index contributed by atoms with van der Waals surface area (Å²) in [6.45, 7) is 1.90. The highest BCUT2D eigenvalue weighted by Gasteiger charge is 2.23. The van der Waals surface area contributed by atoms with Crippen molar-refractivity contribution in [2.45, 2.75) is 25.4 Å². The van der Waals surface area contributed by atoms with Crippen LogP contribution in [0.25, 0.3) is 0 Å². The summed E-state index contributed by atoms with van der Waals surface area (Å²) in [7, 11) is 1.64. The van der Waals surface area contributed by atoms with Crippen LogP contribution in [-0.2, 0) is 6.42 Å². The number of benzene rings is 2. The maximum absolute atomic E-state index is 12.9. The second kappa shape index (κ2) is 9.26. The lowest BCUT2D eigenvalue weighted by molar-refractivity contribution is 0.111. The molecular weight excluding hydrogens is 347 g/mol. The van der Waals surface area contributed by atoms with Crippen LogP contribution in [-0.4, -0.2) is 43.8 Å². The molecule has 1 saturated heterocycles. The van der Waals surface area contributed by atoms with Crippen LogP contribution in [0.3, 0.4) is 0 Å². The third-order valence-corrected chi connectivity index (χ3v) is 4.69. The first-order chi connectivity index (χ1) is 13.1. The van der Waals surface area contributed by atoms with Crippen molar-refractivity contribution >= 4 is 6.03 Å². The van der Waals surface area contributed by atoms with E-state index in [1.54, 1.807) is 19.2 Å². The van der Waals surface area contributed by atoms with Gasteiger partial charge in [-0.25, -0.2) is 9.18 Å². The Labute approximate surface area is 159 Å². The van der Waals surface area contributed by atoms with E-state index in [1.807, 2.05) is 29.2 Å². The van der Waals surface area contributed by atoms with Gasteiger partial charge in [-0.15, -0.1) is 0 Å². The molecule has 0 unspecified atom stereocenters. The van der Waals surface area contributed by atoms with E-state index in [9.17, 15) is 9.18 Å². The minimum absolute atomic E-state index is 0.0382. The summed E-state index contributed by atoms with van der Waals surface area (Å²) in [4.78, 5) is 14.1. The number of ether oxygens (including phenoxy) is 2. The van der Waals surface area contributed by atoms with Gasteiger partial charge in [0.15, 0.2) is 0 Å². The summed E-state index contributed by atoms with van der Waals surface area (Å²) in [6.07, 6.45) is 2.37. The summed E-state index contributed by atoms with van der Waals surface area (Å²) in [5.41, 5.74) is 1.16. The van der Waals surface area contributed by atoms with Gasteiger partial charge in [-0.3, -0.25) is 0 Å². The van der Waals surface area contributed by atoms with Crippen molar-refractivity contribution in [2.75, 3.05) is 26.7 Å². The molecule has 1 N–H and O–H groups in total. The first-order valence-electron chi connectivity index (χ1n) is 9.22. The number of carbonyl (C=O) groups is 1. The zero-order chi connectivity index (χ0) is 19.1. The zero-order valence-electron chi connectivity index (χ0n) is 15.5. The molecule has 0 aromatic heterocycles. The van der Waals surface area contributed by atoms with Gasteiger partial charge in [-0.05, 0) is 48.4 Å². The molecule has 0 saturated carbocycles. The minimum atomic E-state index is -0.275. The van der Waals surface area contributed by atoms with Crippen molar-refractivity contribution in [3.05, 3.63) is 59.9 Å². The Morgan fingerprint density at radius 3 is 2.33 bits per heavy atom. The van der Waals surface area contributed by atoms with Crippen LogP contribution in [0.2, 0.25) is 0 Å². The van der Waals surface area contributed by atoms with Gasteiger partial charge in [0.2, 0.25) is 0 Å².